The fourth-order valence-corrected chi connectivity index (χ4v) is 8.70. The van der Waals surface area contributed by atoms with Crippen molar-refractivity contribution in [3.8, 4) is 9.75 Å². The molecule has 0 bridgehead atoms. The molecule has 0 unspecified atom stereocenters. The molecule has 0 saturated heterocycles. The first-order valence-corrected chi connectivity index (χ1v) is 10.8. The van der Waals surface area contributed by atoms with Crippen molar-refractivity contribution in [2.45, 2.75) is 52.4 Å². The van der Waals surface area contributed by atoms with Crippen molar-refractivity contribution in [1.29, 1.82) is 0 Å². The Morgan fingerprint density at radius 1 is 0.583 bits per heavy atom. The van der Waals surface area contributed by atoms with E-state index in [1.54, 1.807) is 0 Å². The van der Waals surface area contributed by atoms with Crippen molar-refractivity contribution in [3.05, 3.63) is 40.4 Å². The molecule has 7 heteroatoms. The lowest BCUT2D eigenvalue weighted by Gasteiger charge is -2.27. The zero-order valence-electron chi connectivity index (χ0n) is 14.4. The molecule has 1 aromatic heterocycles. The number of benzene rings is 1. The summed E-state index contributed by atoms with van der Waals surface area (Å²) in [5.41, 5.74) is -0.504. The molecule has 128 valence electrons. The molecule has 2 aliphatic rings. The normalized spacial score (nSPS) is 13.1. The van der Waals surface area contributed by atoms with Crippen LogP contribution >= 0.6 is 45.3 Å². The van der Waals surface area contributed by atoms with Crippen LogP contribution in [0.3, 0.4) is 0 Å². The highest BCUT2D eigenvalue weighted by molar-refractivity contribution is 7.55. The quantitative estimate of drug-likeness (QED) is 0.508. The summed E-state index contributed by atoms with van der Waals surface area (Å²) < 4.78 is 1.92. The molecule has 0 spiro atoms. The lowest BCUT2D eigenvalue weighted by atomic mass is 9.79. The molecule has 3 rings (SSSR count). The Bertz CT molecular complexity index is 996. The lowest BCUT2D eigenvalue weighted by Crippen LogP contribution is -2.40. The Kier molecular flexibility index (Phi) is 4.15. The summed E-state index contributed by atoms with van der Waals surface area (Å²) in [5, 5.41) is 0. The third-order valence-corrected chi connectivity index (χ3v) is 8.99. The maximum Gasteiger partial charge on any atom is 0.290 e. The summed E-state index contributed by atoms with van der Waals surface area (Å²) in [4.78, 5) is 39.3. The van der Waals surface area contributed by atoms with E-state index in [1.165, 1.54) is 45.3 Å². The first-order chi connectivity index (χ1) is 10.9. The molecule has 0 N–H and O–H groups in total. The fourth-order valence-electron chi connectivity index (χ4n) is 2.78. The largest absolute Gasteiger partial charge is 0.290 e. The minimum Gasteiger partial charge on any atom is -0.285 e. The van der Waals surface area contributed by atoms with Crippen LogP contribution in [0, 0.1) is 0 Å². The summed E-state index contributed by atoms with van der Waals surface area (Å²) in [6.45, 7) is 11.7. The van der Waals surface area contributed by atoms with Crippen LogP contribution < -0.4 is 14.9 Å². The molecule has 0 radical (unpaired) electrons. The van der Waals surface area contributed by atoms with Gasteiger partial charge in [0, 0.05) is 11.1 Å². The highest BCUT2D eigenvalue weighted by atomic mass is 32.2. The smallest absolute Gasteiger partial charge is 0.285 e. The third kappa shape index (κ3) is 2.81. The molecule has 0 saturated carbocycles. The Hall–Kier alpha value is -0.890. The van der Waals surface area contributed by atoms with Gasteiger partial charge in [-0.2, -0.15) is 0 Å². The van der Waals surface area contributed by atoms with Crippen molar-refractivity contribution in [3.63, 3.8) is 0 Å². The van der Waals surface area contributed by atoms with Gasteiger partial charge in [0.2, 0.25) is 10.9 Å². The van der Waals surface area contributed by atoms with Gasteiger partial charge in [-0.3, -0.25) is 14.4 Å². The van der Waals surface area contributed by atoms with Crippen molar-refractivity contribution in [1.82, 2.24) is 0 Å². The first-order valence-electron chi connectivity index (χ1n) is 7.50. The summed E-state index contributed by atoms with van der Waals surface area (Å²) in [7, 11) is 0. The van der Waals surface area contributed by atoms with Crippen LogP contribution in [0.5, 0.6) is 0 Å². The van der Waals surface area contributed by atoms with Crippen LogP contribution in [0.4, 0.5) is 0 Å². The Balaban J connectivity index is 2.67. The van der Waals surface area contributed by atoms with Crippen molar-refractivity contribution in [2.24, 2.45) is 0 Å². The van der Waals surface area contributed by atoms with Crippen molar-refractivity contribution < 1.29 is 0 Å². The fraction of sp³-hybridized carbons (Fsp3) is 0.471. The molecule has 0 fully saturated rings. The number of hydrogen-bond donors (Lipinski definition) is 0. The average molecular weight is 399 g/mol. The standard InChI is InChI=1S/C17H18O3S4/c1-16(2,3)7-9(18)10(19)8(17(4,5)6)12-11(7)21-13-14(22-12)24-15(20)23-13/h1-6H3. The van der Waals surface area contributed by atoms with Crippen molar-refractivity contribution >= 4 is 53.4 Å². The monoisotopic (exact) mass is 398 g/mol. The van der Waals surface area contributed by atoms with Gasteiger partial charge in [0.15, 0.2) is 0 Å². The molecule has 0 amide bonds. The Morgan fingerprint density at radius 2 is 0.917 bits per heavy atom. The lowest BCUT2D eigenvalue weighted by molar-refractivity contribution is 0.572. The van der Waals surface area contributed by atoms with Crippen LogP contribution in [0.2, 0.25) is 0 Å². The summed E-state index contributed by atoms with van der Waals surface area (Å²) in [6.07, 6.45) is 0. The Labute approximate surface area is 155 Å². The maximum atomic E-state index is 12.9. The van der Waals surface area contributed by atoms with E-state index in [4.69, 9.17) is 0 Å². The van der Waals surface area contributed by atoms with Crippen LogP contribution in [-0.4, -0.2) is 0 Å². The van der Waals surface area contributed by atoms with Gasteiger partial charge < -0.3 is 0 Å². The van der Waals surface area contributed by atoms with Gasteiger partial charge in [0.05, 0.1) is 9.75 Å². The number of hydrogen-bond acceptors (Lipinski definition) is 7. The van der Waals surface area contributed by atoms with E-state index in [0.29, 0.717) is 11.1 Å². The van der Waals surface area contributed by atoms with E-state index in [1.807, 2.05) is 41.5 Å². The van der Waals surface area contributed by atoms with Gasteiger partial charge in [0.25, 0.3) is 4.06 Å². The van der Waals surface area contributed by atoms with Gasteiger partial charge in [-0.1, -0.05) is 64.2 Å². The van der Waals surface area contributed by atoms with E-state index < -0.39 is 21.7 Å². The van der Waals surface area contributed by atoms with Crippen molar-refractivity contribution in [2.75, 3.05) is 0 Å². The zero-order chi connectivity index (χ0) is 18.0. The van der Waals surface area contributed by atoms with Gasteiger partial charge in [-0.25, -0.2) is 0 Å². The SMILES string of the molecule is CC(C)(C)c1c2sc3sc(=O)sc3sc-2c(C(C)(C)C)c(=O)c1=O. The van der Waals surface area contributed by atoms with Gasteiger partial charge in [-0.05, 0) is 10.8 Å². The second-order valence-electron chi connectivity index (χ2n) is 7.80. The predicted octanol–water partition coefficient (Wildman–Crippen LogP) is 4.87. The highest BCUT2D eigenvalue weighted by Gasteiger charge is 2.34. The van der Waals surface area contributed by atoms with Gasteiger partial charge in [0.1, 0.15) is 8.03 Å². The topological polar surface area (TPSA) is 51.2 Å². The molecule has 2 heterocycles. The predicted molar refractivity (Wildman–Crippen MR) is 108 cm³/mol. The summed E-state index contributed by atoms with van der Waals surface area (Å²) in [6, 6.07) is 0. The second kappa shape index (κ2) is 5.56. The van der Waals surface area contributed by atoms with E-state index in [9.17, 15) is 14.4 Å². The molecule has 1 aliphatic carbocycles. The first kappa shape index (κ1) is 17.9. The van der Waals surface area contributed by atoms with E-state index in [2.05, 4.69) is 0 Å². The van der Waals surface area contributed by atoms with E-state index in [-0.39, 0.29) is 4.06 Å². The minimum atomic E-state index is -0.428. The summed E-state index contributed by atoms with van der Waals surface area (Å²) >= 11 is 5.40. The van der Waals surface area contributed by atoms with Crippen LogP contribution in [0.15, 0.2) is 14.4 Å². The second-order valence-corrected chi connectivity index (χ2v) is 12.6. The molecular weight excluding hydrogens is 380 g/mol. The molecule has 24 heavy (non-hydrogen) atoms. The molecule has 1 aromatic rings. The molecule has 0 atom stereocenters. The Morgan fingerprint density at radius 3 is 1.21 bits per heavy atom. The van der Waals surface area contributed by atoms with Crippen LogP contribution in [-0.2, 0) is 10.8 Å². The number of rotatable bonds is 0. The highest BCUT2D eigenvalue weighted by Crippen LogP contribution is 2.47. The van der Waals surface area contributed by atoms with Gasteiger partial charge >= 0.3 is 0 Å². The van der Waals surface area contributed by atoms with Crippen LogP contribution in [0.25, 0.3) is 17.8 Å². The van der Waals surface area contributed by atoms with E-state index in [0.717, 1.165) is 17.8 Å². The average Bonchev–Trinajstić information content (AvgIpc) is 2.73. The van der Waals surface area contributed by atoms with E-state index >= 15 is 0 Å². The minimum absolute atomic E-state index is 0.0483. The van der Waals surface area contributed by atoms with Gasteiger partial charge in [-0.15, -0.1) is 22.7 Å². The maximum absolute atomic E-state index is 12.9. The molecule has 1 aliphatic heterocycles. The molecule has 0 aromatic carbocycles. The van der Waals surface area contributed by atoms with Crippen LogP contribution in [0.1, 0.15) is 52.7 Å². The zero-order valence-corrected chi connectivity index (χ0v) is 17.6. The third-order valence-electron chi connectivity index (χ3n) is 3.73. The number of fused-ring (bicyclic) bond motifs is 2. The molecular formula is C17H18O3S4. The summed E-state index contributed by atoms with van der Waals surface area (Å²) in [5.74, 6) is 0. The molecule has 3 nitrogen and oxygen atoms in total.